The number of methoxy groups -OCH3 is 1. The molecule has 1 aromatic rings. The summed E-state index contributed by atoms with van der Waals surface area (Å²) in [7, 11) is 1.31. The van der Waals surface area contributed by atoms with E-state index in [0.29, 0.717) is 0 Å². The van der Waals surface area contributed by atoms with Crippen LogP contribution in [0.5, 0.6) is 11.5 Å². The van der Waals surface area contributed by atoms with Crippen molar-refractivity contribution in [3.05, 3.63) is 29.8 Å². The molecule has 0 fully saturated rings. The van der Waals surface area contributed by atoms with Crippen molar-refractivity contribution in [3.63, 3.8) is 0 Å². The zero-order valence-electron chi connectivity index (χ0n) is 10.4. The summed E-state index contributed by atoms with van der Waals surface area (Å²) >= 11 is 0. The minimum absolute atomic E-state index is 0.0834. The number of amides is 1. The van der Waals surface area contributed by atoms with Crippen molar-refractivity contribution in [2.75, 3.05) is 7.11 Å². The monoisotopic (exact) mass is 272 g/mol. The molecule has 0 heterocycles. The number of ether oxygens (including phenoxy) is 2. The molecule has 0 saturated heterocycles. The van der Waals surface area contributed by atoms with Gasteiger partial charge in [-0.1, -0.05) is 18.2 Å². The molecular weight excluding hydrogens is 258 g/mol. The fourth-order valence-electron chi connectivity index (χ4n) is 1.33. The van der Waals surface area contributed by atoms with Crippen molar-refractivity contribution in [1.29, 1.82) is 0 Å². The molecule has 0 spiro atoms. The van der Waals surface area contributed by atoms with Crippen LogP contribution in [0.3, 0.4) is 0 Å². The van der Waals surface area contributed by atoms with E-state index in [1.807, 2.05) is 6.92 Å². The fraction of sp³-hybridized carbons (Fsp3) is 0.250. The van der Waals surface area contributed by atoms with Gasteiger partial charge < -0.3 is 9.47 Å². The van der Waals surface area contributed by atoms with Crippen molar-refractivity contribution < 1.29 is 23.0 Å². The molecule has 3 N–H and O–H groups in total. The molecule has 1 amide bonds. The maximum absolute atomic E-state index is 13.3. The lowest BCUT2D eigenvalue weighted by Gasteiger charge is -2.17. The van der Waals surface area contributed by atoms with E-state index in [2.05, 4.69) is 10.6 Å². The van der Waals surface area contributed by atoms with Gasteiger partial charge in [0.25, 0.3) is 0 Å². The Morgan fingerprint density at radius 2 is 2.11 bits per heavy atom. The van der Waals surface area contributed by atoms with Gasteiger partial charge in [-0.2, -0.15) is 8.78 Å². The zero-order chi connectivity index (χ0) is 14.5. The summed E-state index contributed by atoms with van der Waals surface area (Å²) in [5.41, 5.74) is 2.08. The van der Waals surface area contributed by atoms with Crippen LogP contribution in [-0.4, -0.2) is 19.1 Å². The van der Waals surface area contributed by atoms with Gasteiger partial charge in [0.05, 0.1) is 7.11 Å². The van der Waals surface area contributed by atoms with Crippen molar-refractivity contribution in [2.24, 2.45) is 5.84 Å². The summed E-state index contributed by atoms with van der Waals surface area (Å²) in [5, 5.41) is 0. The summed E-state index contributed by atoms with van der Waals surface area (Å²) in [6.07, 6.45) is -0.535. The topological polar surface area (TPSA) is 73.6 Å². The molecule has 0 bridgehead atoms. The normalized spacial score (nSPS) is 11.4. The highest BCUT2D eigenvalue weighted by Crippen LogP contribution is 2.32. The number of hydrogen-bond acceptors (Lipinski definition) is 4. The Kier molecular flexibility index (Phi) is 4.82. The third-order valence-corrected chi connectivity index (χ3v) is 2.18. The number of nitrogens with one attached hydrogen (secondary N) is 1. The standard InChI is InChI=1S/C12H14F2N2O3/c1-3-4-8-5-6-9(10(7-8)18-2)19-12(13,14)11(17)16-15/h3-7H,15H2,1-2H3,(H,16,17). The molecule has 5 nitrogen and oxygen atoms in total. The molecule has 0 aliphatic carbocycles. The lowest BCUT2D eigenvalue weighted by molar-refractivity contribution is -0.193. The maximum atomic E-state index is 13.3. The summed E-state index contributed by atoms with van der Waals surface area (Å²) in [6.45, 7) is 1.82. The van der Waals surface area contributed by atoms with Gasteiger partial charge >= 0.3 is 12.0 Å². The van der Waals surface area contributed by atoms with Crippen molar-refractivity contribution in [2.45, 2.75) is 13.0 Å². The molecule has 1 rings (SSSR count). The molecule has 7 heteroatoms. The fourth-order valence-corrected chi connectivity index (χ4v) is 1.33. The first-order chi connectivity index (χ1) is 8.94. The van der Waals surface area contributed by atoms with E-state index in [4.69, 9.17) is 4.74 Å². The van der Waals surface area contributed by atoms with Crippen LogP contribution in [0.4, 0.5) is 8.78 Å². The number of allylic oxidation sites excluding steroid dienone is 1. The molecule has 0 aliphatic rings. The second kappa shape index (κ2) is 6.14. The van der Waals surface area contributed by atoms with Crippen molar-refractivity contribution in [3.8, 4) is 11.5 Å². The van der Waals surface area contributed by atoms with Gasteiger partial charge in [-0.15, -0.1) is 0 Å². The van der Waals surface area contributed by atoms with E-state index in [9.17, 15) is 13.6 Å². The number of rotatable bonds is 5. The Labute approximate surface area is 109 Å². The Hall–Kier alpha value is -2.15. The van der Waals surface area contributed by atoms with Crippen LogP contribution in [0.25, 0.3) is 6.08 Å². The number of nitrogens with two attached hydrogens (primary N) is 1. The molecule has 0 unspecified atom stereocenters. The SMILES string of the molecule is CC=Cc1ccc(OC(F)(F)C(=O)NN)c(OC)c1. The van der Waals surface area contributed by atoms with Gasteiger partial charge in [0.1, 0.15) is 0 Å². The molecule has 0 saturated carbocycles. The summed E-state index contributed by atoms with van der Waals surface area (Å²) in [5.74, 6) is 2.73. The van der Waals surface area contributed by atoms with Crippen LogP contribution >= 0.6 is 0 Å². The van der Waals surface area contributed by atoms with E-state index < -0.39 is 12.0 Å². The Morgan fingerprint density at radius 3 is 2.63 bits per heavy atom. The van der Waals surface area contributed by atoms with E-state index in [1.54, 1.807) is 18.2 Å². The van der Waals surface area contributed by atoms with E-state index in [-0.39, 0.29) is 11.5 Å². The smallest absolute Gasteiger partial charge is 0.483 e. The number of alkyl halides is 2. The average Bonchev–Trinajstić information content (AvgIpc) is 2.39. The number of hydrogen-bond donors (Lipinski definition) is 2. The van der Waals surface area contributed by atoms with Gasteiger partial charge in [0.2, 0.25) is 0 Å². The van der Waals surface area contributed by atoms with Gasteiger partial charge in [-0.25, -0.2) is 5.84 Å². The van der Waals surface area contributed by atoms with Gasteiger partial charge in [-0.05, 0) is 24.6 Å². The van der Waals surface area contributed by atoms with Crippen molar-refractivity contribution in [1.82, 2.24) is 5.43 Å². The van der Waals surface area contributed by atoms with E-state index >= 15 is 0 Å². The molecule has 0 atom stereocenters. The van der Waals surface area contributed by atoms with Crippen LogP contribution in [0, 0.1) is 0 Å². The summed E-state index contributed by atoms with van der Waals surface area (Å²) in [4.78, 5) is 10.8. The van der Waals surface area contributed by atoms with Gasteiger partial charge in [-0.3, -0.25) is 10.2 Å². The lowest BCUT2D eigenvalue weighted by atomic mass is 10.2. The van der Waals surface area contributed by atoms with Crippen LogP contribution < -0.4 is 20.7 Å². The molecule has 0 radical (unpaired) electrons. The van der Waals surface area contributed by atoms with Crippen LogP contribution in [-0.2, 0) is 4.79 Å². The first-order valence-electron chi connectivity index (χ1n) is 5.33. The van der Waals surface area contributed by atoms with Gasteiger partial charge in [0, 0.05) is 0 Å². The third-order valence-electron chi connectivity index (χ3n) is 2.18. The second-order valence-electron chi connectivity index (χ2n) is 3.50. The average molecular weight is 272 g/mol. The highest BCUT2D eigenvalue weighted by Gasteiger charge is 2.42. The first kappa shape index (κ1) is 14.9. The molecule has 19 heavy (non-hydrogen) atoms. The minimum Gasteiger partial charge on any atom is -0.493 e. The van der Waals surface area contributed by atoms with Crippen LogP contribution in [0.15, 0.2) is 24.3 Å². The minimum atomic E-state index is -4.08. The van der Waals surface area contributed by atoms with E-state index in [1.165, 1.54) is 24.7 Å². The highest BCUT2D eigenvalue weighted by molar-refractivity contribution is 5.81. The van der Waals surface area contributed by atoms with Crippen molar-refractivity contribution >= 4 is 12.0 Å². The number of carbonyl (C=O) groups excluding carboxylic acids is 1. The highest BCUT2D eigenvalue weighted by atomic mass is 19.3. The zero-order valence-corrected chi connectivity index (χ0v) is 10.4. The van der Waals surface area contributed by atoms with E-state index in [0.717, 1.165) is 5.56 Å². The first-order valence-corrected chi connectivity index (χ1v) is 5.33. The third kappa shape index (κ3) is 3.65. The Bertz CT molecular complexity index is 490. The number of hydrazine groups is 1. The molecule has 0 aromatic heterocycles. The number of carbonyl (C=O) groups is 1. The molecule has 0 aliphatic heterocycles. The largest absolute Gasteiger partial charge is 0.493 e. The van der Waals surface area contributed by atoms with Crippen LogP contribution in [0.1, 0.15) is 12.5 Å². The predicted octanol–water partition coefficient (Wildman–Crippen LogP) is 1.69. The lowest BCUT2D eigenvalue weighted by Crippen LogP contribution is -2.47. The predicted molar refractivity (Wildman–Crippen MR) is 65.6 cm³/mol. The summed E-state index contributed by atoms with van der Waals surface area (Å²) < 4.78 is 35.8. The maximum Gasteiger partial charge on any atom is 0.483 e. The Morgan fingerprint density at radius 1 is 1.42 bits per heavy atom. The van der Waals surface area contributed by atoms with Crippen LogP contribution in [0.2, 0.25) is 0 Å². The van der Waals surface area contributed by atoms with Gasteiger partial charge in [0.15, 0.2) is 11.5 Å². The quantitative estimate of drug-likeness (QED) is 0.486. The Balaban J connectivity index is 3.04. The number of halogens is 2. The number of benzene rings is 1. The molecular formula is C12H14F2N2O3. The second-order valence-corrected chi connectivity index (χ2v) is 3.50. The summed E-state index contributed by atoms with van der Waals surface area (Å²) in [6, 6.07) is 4.34. The molecule has 1 aromatic carbocycles. The molecule has 104 valence electrons.